The van der Waals surface area contributed by atoms with Gasteiger partial charge in [-0.05, 0) is 37.5 Å². The number of hydrogen-bond acceptors (Lipinski definition) is 3. The van der Waals surface area contributed by atoms with E-state index in [1.807, 2.05) is 0 Å². The first-order valence-corrected chi connectivity index (χ1v) is 5.73. The molecule has 1 atom stereocenters. The first kappa shape index (κ1) is 11.8. The summed E-state index contributed by atoms with van der Waals surface area (Å²) in [4.78, 5) is 3.92. The number of rotatable bonds is 3. The third kappa shape index (κ3) is 2.53. The van der Waals surface area contributed by atoms with Crippen LogP contribution in [0.1, 0.15) is 28.3 Å². The predicted octanol–water partition coefficient (Wildman–Crippen LogP) is 1.90. The van der Waals surface area contributed by atoms with Gasteiger partial charge in [-0.2, -0.15) is 5.10 Å². The Balaban J connectivity index is 2.27. The number of benzene rings is 1. The van der Waals surface area contributed by atoms with Crippen molar-refractivity contribution in [1.82, 2.24) is 14.8 Å². The molecule has 0 radical (unpaired) electrons. The Bertz CT molecular complexity index is 479. The van der Waals surface area contributed by atoms with E-state index in [0.717, 1.165) is 0 Å². The molecule has 1 heterocycles. The Morgan fingerprint density at radius 1 is 1.24 bits per heavy atom. The van der Waals surface area contributed by atoms with Crippen molar-refractivity contribution < 1.29 is 0 Å². The van der Waals surface area contributed by atoms with Gasteiger partial charge in [0.2, 0.25) is 0 Å². The highest BCUT2D eigenvalue weighted by atomic mass is 15.3. The summed E-state index contributed by atoms with van der Waals surface area (Å²) in [5.41, 5.74) is 11.2. The summed E-state index contributed by atoms with van der Waals surface area (Å²) in [6.07, 6.45) is 3.22. The van der Waals surface area contributed by atoms with E-state index in [4.69, 9.17) is 5.73 Å². The van der Waals surface area contributed by atoms with Gasteiger partial charge in [0.25, 0.3) is 0 Å². The number of nitrogens with two attached hydrogens (primary N) is 1. The molecule has 0 aliphatic heterocycles. The predicted molar refractivity (Wildman–Crippen MR) is 67.6 cm³/mol. The van der Waals surface area contributed by atoms with Crippen molar-refractivity contribution in [2.45, 2.75) is 33.4 Å². The van der Waals surface area contributed by atoms with Gasteiger partial charge in [-0.3, -0.25) is 4.68 Å². The van der Waals surface area contributed by atoms with Gasteiger partial charge in [0.05, 0.1) is 6.54 Å². The first-order valence-electron chi connectivity index (χ1n) is 5.73. The largest absolute Gasteiger partial charge is 0.322 e. The van der Waals surface area contributed by atoms with Gasteiger partial charge in [-0.25, -0.2) is 4.98 Å². The maximum Gasteiger partial charge on any atom is 0.137 e. The highest BCUT2D eigenvalue weighted by Gasteiger charge is 2.13. The van der Waals surface area contributed by atoms with E-state index in [2.05, 4.69) is 43.0 Å². The zero-order valence-corrected chi connectivity index (χ0v) is 10.5. The second-order valence-corrected chi connectivity index (χ2v) is 4.54. The van der Waals surface area contributed by atoms with Crippen LogP contribution in [0.5, 0.6) is 0 Å². The molecule has 0 saturated carbocycles. The fourth-order valence-electron chi connectivity index (χ4n) is 2.40. The minimum Gasteiger partial charge on any atom is -0.322 e. The van der Waals surface area contributed by atoms with Crippen molar-refractivity contribution in [3.63, 3.8) is 0 Å². The molecule has 1 aromatic carbocycles. The van der Waals surface area contributed by atoms with Gasteiger partial charge in [0.1, 0.15) is 12.7 Å². The fraction of sp³-hybridized carbons (Fsp3) is 0.385. The van der Waals surface area contributed by atoms with Crippen LogP contribution in [0.15, 0.2) is 24.8 Å². The molecule has 1 unspecified atom stereocenters. The van der Waals surface area contributed by atoms with E-state index >= 15 is 0 Å². The van der Waals surface area contributed by atoms with E-state index in [-0.39, 0.29) is 6.04 Å². The van der Waals surface area contributed by atoms with E-state index < -0.39 is 0 Å². The monoisotopic (exact) mass is 230 g/mol. The molecule has 0 amide bonds. The lowest BCUT2D eigenvalue weighted by Crippen LogP contribution is -2.20. The summed E-state index contributed by atoms with van der Waals surface area (Å²) in [5.74, 6) is 0. The van der Waals surface area contributed by atoms with Gasteiger partial charge in [0.15, 0.2) is 0 Å². The van der Waals surface area contributed by atoms with Gasteiger partial charge >= 0.3 is 0 Å². The van der Waals surface area contributed by atoms with Gasteiger partial charge in [0, 0.05) is 6.04 Å². The molecule has 1 aromatic heterocycles. The third-order valence-corrected chi connectivity index (χ3v) is 2.96. The Morgan fingerprint density at radius 2 is 1.88 bits per heavy atom. The minimum atomic E-state index is -0.0442. The van der Waals surface area contributed by atoms with Gasteiger partial charge < -0.3 is 5.73 Å². The Kier molecular flexibility index (Phi) is 3.24. The molecule has 0 spiro atoms. The first-order chi connectivity index (χ1) is 8.08. The van der Waals surface area contributed by atoms with Crippen molar-refractivity contribution in [1.29, 1.82) is 0 Å². The summed E-state index contributed by atoms with van der Waals surface area (Å²) in [5, 5.41) is 4.08. The molecular formula is C13H18N4. The summed E-state index contributed by atoms with van der Waals surface area (Å²) >= 11 is 0. The van der Waals surface area contributed by atoms with Crippen molar-refractivity contribution in [3.8, 4) is 0 Å². The van der Waals surface area contributed by atoms with Crippen LogP contribution in [-0.2, 0) is 6.54 Å². The minimum absolute atomic E-state index is 0.0442. The smallest absolute Gasteiger partial charge is 0.137 e. The highest BCUT2D eigenvalue weighted by Crippen LogP contribution is 2.22. The number of hydrogen-bond donors (Lipinski definition) is 1. The molecular weight excluding hydrogens is 212 g/mol. The van der Waals surface area contributed by atoms with E-state index in [1.54, 1.807) is 11.0 Å². The molecule has 2 aromatic rings. The quantitative estimate of drug-likeness (QED) is 0.876. The standard InChI is InChI=1S/C13H18N4/c1-9-4-10(2)13(11(3)5-9)12(14)6-17-8-15-7-16-17/h4-5,7-8,12H,6,14H2,1-3H3. The molecule has 17 heavy (non-hydrogen) atoms. The fourth-order valence-corrected chi connectivity index (χ4v) is 2.40. The van der Waals surface area contributed by atoms with Crippen molar-refractivity contribution in [2.24, 2.45) is 5.73 Å². The molecule has 4 nitrogen and oxygen atoms in total. The molecule has 0 aliphatic rings. The summed E-state index contributed by atoms with van der Waals surface area (Å²) < 4.78 is 1.77. The summed E-state index contributed by atoms with van der Waals surface area (Å²) in [6, 6.07) is 4.30. The van der Waals surface area contributed by atoms with Gasteiger partial charge in [-0.1, -0.05) is 17.7 Å². The van der Waals surface area contributed by atoms with Crippen molar-refractivity contribution >= 4 is 0 Å². The van der Waals surface area contributed by atoms with E-state index in [9.17, 15) is 0 Å². The Morgan fingerprint density at radius 3 is 2.41 bits per heavy atom. The van der Waals surface area contributed by atoms with E-state index in [1.165, 1.54) is 28.6 Å². The van der Waals surface area contributed by atoms with Crippen LogP contribution < -0.4 is 5.73 Å². The molecule has 90 valence electrons. The maximum absolute atomic E-state index is 6.25. The molecule has 2 rings (SSSR count). The molecule has 0 bridgehead atoms. The number of nitrogens with zero attached hydrogens (tertiary/aromatic N) is 3. The van der Waals surface area contributed by atoms with Crippen LogP contribution in [0.4, 0.5) is 0 Å². The van der Waals surface area contributed by atoms with Crippen LogP contribution in [0.2, 0.25) is 0 Å². The highest BCUT2D eigenvalue weighted by molar-refractivity contribution is 5.39. The second kappa shape index (κ2) is 4.67. The summed E-state index contributed by atoms with van der Waals surface area (Å²) in [7, 11) is 0. The van der Waals surface area contributed by atoms with Crippen LogP contribution in [0.25, 0.3) is 0 Å². The zero-order chi connectivity index (χ0) is 12.4. The molecule has 0 saturated heterocycles. The van der Waals surface area contributed by atoms with Crippen molar-refractivity contribution in [2.75, 3.05) is 0 Å². The molecule has 2 N–H and O–H groups in total. The van der Waals surface area contributed by atoms with Crippen LogP contribution in [0.3, 0.4) is 0 Å². The average molecular weight is 230 g/mol. The van der Waals surface area contributed by atoms with Crippen LogP contribution in [0, 0.1) is 20.8 Å². The topological polar surface area (TPSA) is 56.7 Å². The van der Waals surface area contributed by atoms with Crippen LogP contribution in [-0.4, -0.2) is 14.8 Å². The van der Waals surface area contributed by atoms with Crippen molar-refractivity contribution in [3.05, 3.63) is 47.0 Å². The summed E-state index contributed by atoms with van der Waals surface area (Å²) in [6.45, 7) is 6.98. The van der Waals surface area contributed by atoms with Gasteiger partial charge in [-0.15, -0.1) is 0 Å². The third-order valence-electron chi connectivity index (χ3n) is 2.96. The second-order valence-electron chi connectivity index (χ2n) is 4.54. The number of aromatic nitrogens is 3. The lowest BCUT2D eigenvalue weighted by molar-refractivity contribution is 0.523. The lowest BCUT2D eigenvalue weighted by Gasteiger charge is -2.18. The SMILES string of the molecule is Cc1cc(C)c(C(N)Cn2cncn2)c(C)c1. The Labute approximate surface area is 101 Å². The lowest BCUT2D eigenvalue weighted by atomic mass is 9.94. The zero-order valence-electron chi connectivity index (χ0n) is 10.5. The normalized spacial score (nSPS) is 12.7. The number of aryl methyl sites for hydroxylation is 3. The molecule has 4 heteroatoms. The maximum atomic E-state index is 6.25. The van der Waals surface area contributed by atoms with E-state index in [0.29, 0.717) is 6.54 Å². The molecule has 0 fully saturated rings. The van der Waals surface area contributed by atoms with Crippen LogP contribution >= 0.6 is 0 Å². The molecule has 0 aliphatic carbocycles. The average Bonchev–Trinajstić information content (AvgIpc) is 2.68. The Hall–Kier alpha value is -1.68.